The highest BCUT2D eigenvalue weighted by Crippen LogP contribution is 2.43. The lowest BCUT2D eigenvalue weighted by molar-refractivity contribution is -0.145. The Balaban J connectivity index is 2.48. The molecule has 0 atom stereocenters. The number of aromatic nitrogens is 3. The van der Waals surface area contributed by atoms with Gasteiger partial charge in [-0.15, -0.1) is 5.10 Å². The minimum Gasteiger partial charge on any atom is -0.389 e. The average molecular weight is 395 g/mol. The second-order valence-electron chi connectivity index (χ2n) is 5.41. The van der Waals surface area contributed by atoms with Gasteiger partial charge in [-0.25, -0.2) is 18.1 Å². The molecule has 130 valence electrons. The zero-order valence-electron chi connectivity index (χ0n) is 12.0. The molecule has 13 heteroatoms. The van der Waals surface area contributed by atoms with E-state index in [1.54, 1.807) is 13.8 Å². The van der Waals surface area contributed by atoms with Crippen LogP contribution < -0.4 is 0 Å². The first-order chi connectivity index (χ1) is 10.2. The zero-order chi connectivity index (χ0) is 17.8. The van der Waals surface area contributed by atoms with Crippen LogP contribution in [0.5, 0.6) is 0 Å². The van der Waals surface area contributed by atoms with Crippen molar-refractivity contribution in [3.8, 4) is 0 Å². The molecule has 0 aromatic carbocycles. The van der Waals surface area contributed by atoms with Crippen molar-refractivity contribution >= 4 is 38.1 Å². The number of hydrogen-bond donors (Lipinski definition) is 0. The Labute approximate surface area is 139 Å². The van der Waals surface area contributed by atoms with Gasteiger partial charge in [-0.1, -0.05) is 28.4 Å². The van der Waals surface area contributed by atoms with Crippen molar-refractivity contribution in [2.75, 3.05) is 0 Å². The second-order valence-corrected chi connectivity index (χ2v) is 9.28. The lowest BCUT2D eigenvalue weighted by Gasteiger charge is -2.19. The molecule has 0 saturated heterocycles. The lowest BCUT2D eigenvalue weighted by atomic mass is 10.1. The summed E-state index contributed by atoms with van der Waals surface area (Å²) in [4.78, 5) is 8.04. The van der Waals surface area contributed by atoms with Crippen molar-refractivity contribution in [1.29, 1.82) is 0 Å². The van der Waals surface area contributed by atoms with E-state index in [0.29, 0.717) is 4.68 Å². The molecule has 1 aromatic heterocycles. The summed E-state index contributed by atoms with van der Waals surface area (Å²) < 4.78 is 60.7. The van der Waals surface area contributed by atoms with Crippen molar-refractivity contribution in [2.24, 2.45) is 12.2 Å². The van der Waals surface area contributed by atoms with E-state index in [1.807, 2.05) is 0 Å². The van der Waals surface area contributed by atoms with E-state index in [4.69, 9.17) is 28.0 Å². The van der Waals surface area contributed by atoms with Crippen LogP contribution in [0.4, 0.5) is 13.2 Å². The van der Waals surface area contributed by atoms with Crippen LogP contribution in [0.1, 0.15) is 31.9 Å². The highest BCUT2D eigenvalue weighted by molar-refractivity contribution is 8.09. The maximum atomic E-state index is 12.7. The van der Waals surface area contributed by atoms with Crippen LogP contribution in [-0.4, -0.2) is 33.8 Å². The molecule has 2 rings (SSSR count). The highest BCUT2D eigenvalue weighted by Gasteiger charge is 2.53. The van der Waals surface area contributed by atoms with Gasteiger partial charge in [-0.2, -0.15) is 13.2 Å². The third-order valence-corrected chi connectivity index (χ3v) is 6.15. The number of alkyl halides is 5. The number of aryl methyl sites for hydroxylation is 1. The Hall–Kier alpha value is -1.07. The Morgan fingerprint density at radius 1 is 1.30 bits per heavy atom. The van der Waals surface area contributed by atoms with Crippen molar-refractivity contribution < 1.29 is 26.4 Å². The van der Waals surface area contributed by atoms with E-state index in [-0.39, 0.29) is 6.42 Å². The molecule has 7 nitrogen and oxygen atoms in total. The number of oxime groups is 1. The van der Waals surface area contributed by atoms with Gasteiger partial charge < -0.3 is 4.84 Å². The quantitative estimate of drug-likeness (QED) is 0.718. The van der Waals surface area contributed by atoms with Gasteiger partial charge in [-0.05, 0) is 13.8 Å². The molecular weight excluding hydrogens is 384 g/mol. The van der Waals surface area contributed by atoms with E-state index in [2.05, 4.69) is 15.2 Å². The molecule has 1 aromatic rings. The molecule has 1 aliphatic heterocycles. The van der Waals surface area contributed by atoms with Crippen LogP contribution in [0.25, 0.3) is 0 Å². The fraction of sp³-hybridized carbons (Fsp3) is 0.700. The van der Waals surface area contributed by atoms with E-state index < -0.39 is 42.0 Å². The monoisotopic (exact) mass is 394 g/mol. The van der Waals surface area contributed by atoms with Crippen LogP contribution in [0.2, 0.25) is 0 Å². The predicted molar refractivity (Wildman–Crippen MR) is 75.5 cm³/mol. The predicted octanol–water partition coefficient (Wildman–Crippen LogP) is 2.35. The SMILES string of the molecule is Cn1nc(C(F)(F)F)nc1C(Cl)(Cl)S(=O)(=O)C1=NOC(C)(C)C1. The maximum absolute atomic E-state index is 12.7. The first kappa shape index (κ1) is 18.3. The minimum atomic E-state index is -4.88. The van der Waals surface area contributed by atoms with Crippen LogP contribution in [0.3, 0.4) is 0 Å². The van der Waals surface area contributed by atoms with Gasteiger partial charge in [0.1, 0.15) is 5.60 Å². The van der Waals surface area contributed by atoms with Crippen LogP contribution in [-0.2, 0) is 31.6 Å². The van der Waals surface area contributed by atoms with Gasteiger partial charge in [0.25, 0.3) is 9.49 Å². The molecule has 0 spiro atoms. The average Bonchev–Trinajstić information content (AvgIpc) is 2.91. The number of halogens is 5. The summed E-state index contributed by atoms with van der Waals surface area (Å²) in [5, 5.41) is 6.03. The summed E-state index contributed by atoms with van der Waals surface area (Å²) in [5.74, 6) is -2.35. The molecular formula is C10H11Cl2F3N4O3S. The van der Waals surface area contributed by atoms with Crippen molar-refractivity contribution in [3.63, 3.8) is 0 Å². The topological polar surface area (TPSA) is 86.4 Å². The standard InChI is InChI=1S/C10H11Cl2F3N4O3S/c1-8(2)4-5(18-22-8)23(20,21)9(11,12)7-16-6(10(13,14)15)17-19(7)3/h4H2,1-3H3. The zero-order valence-corrected chi connectivity index (χ0v) is 14.3. The van der Waals surface area contributed by atoms with Crippen molar-refractivity contribution in [2.45, 2.75) is 35.7 Å². The summed E-state index contributed by atoms with van der Waals surface area (Å²) in [7, 11) is -3.51. The van der Waals surface area contributed by atoms with Crippen LogP contribution in [0.15, 0.2) is 5.16 Å². The summed E-state index contributed by atoms with van der Waals surface area (Å²) in [5.41, 5.74) is -0.900. The molecule has 2 heterocycles. The third kappa shape index (κ3) is 3.13. The fourth-order valence-corrected chi connectivity index (χ4v) is 4.02. The fourth-order valence-electron chi connectivity index (χ4n) is 1.77. The largest absolute Gasteiger partial charge is 0.453 e. The second kappa shape index (κ2) is 5.21. The van der Waals surface area contributed by atoms with E-state index in [0.717, 1.165) is 7.05 Å². The summed E-state index contributed by atoms with van der Waals surface area (Å²) in [6.07, 6.45) is -5.01. The van der Waals surface area contributed by atoms with Crippen molar-refractivity contribution in [1.82, 2.24) is 14.8 Å². The first-order valence-corrected chi connectivity index (χ1v) is 8.28. The minimum absolute atomic E-state index is 0.138. The summed E-state index contributed by atoms with van der Waals surface area (Å²) >= 11 is 11.7. The Morgan fingerprint density at radius 3 is 2.26 bits per heavy atom. The maximum Gasteiger partial charge on any atom is 0.453 e. The molecule has 0 fully saturated rings. The van der Waals surface area contributed by atoms with E-state index >= 15 is 0 Å². The van der Waals surface area contributed by atoms with Gasteiger partial charge in [0.2, 0.25) is 9.84 Å². The van der Waals surface area contributed by atoms with Crippen LogP contribution in [0, 0.1) is 0 Å². The molecule has 23 heavy (non-hydrogen) atoms. The Kier molecular flexibility index (Phi) is 4.14. The van der Waals surface area contributed by atoms with Crippen LogP contribution >= 0.6 is 23.2 Å². The molecule has 0 unspecified atom stereocenters. The third-order valence-electron chi connectivity index (χ3n) is 2.90. The Bertz CT molecular complexity index is 771. The number of nitrogens with zero attached hydrogens (tertiary/aromatic N) is 4. The molecule has 0 amide bonds. The summed E-state index contributed by atoms with van der Waals surface area (Å²) in [6, 6.07) is 0. The first-order valence-electron chi connectivity index (χ1n) is 6.05. The normalized spacial score (nSPS) is 18.7. The van der Waals surface area contributed by atoms with Gasteiger partial charge >= 0.3 is 6.18 Å². The molecule has 0 bridgehead atoms. The van der Waals surface area contributed by atoms with Crippen molar-refractivity contribution in [3.05, 3.63) is 11.6 Å². The van der Waals surface area contributed by atoms with E-state index in [9.17, 15) is 21.6 Å². The highest BCUT2D eigenvalue weighted by atomic mass is 35.5. The molecule has 1 aliphatic rings. The molecule has 0 saturated carbocycles. The molecule has 0 radical (unpaired) electrons. The lowest BCUT2D eigenvalue weighted by Crippen LogP contribution is -2.34. The number of sulfone groups is 1. The van der Waals surface area contributed by atoms with Gasteiger partial charge in [0.05, 0.1) is 0 Å². The molecule has 0 aliphatic carbocycles. The number of hydrogen-bond acceptors (Lipinski definition) is 6. The molecule has 0 N–H and O–H groups in total. The number of rotatable bonds is 2. The Morgan fingerprint density at radius 2 is 1.87 bits per heavy atom. The van der Waals surface area contributed by atoms with Gasteiger partial charge in [-0.3, -0.25) is 0 Å². The van der Waals surface area contributed by atoms with E-state index in [1.165, 1.54) is 0 Å². The summed E-state index contributed by atoms with van der Waals surface area (Å²) in [6.45, 7) is 3.15. The van der Waals surface area contributed by atoms with Gasteiger partial charge in [0, 0.05) is 13.5 Å². The van der Waals surface area contributed by atoms with Gasteiger partial charge in [0.15, 0.2) is 10.9 Å². The smallest absolute Gasteiger partial charge is 0.389 e.